The largest absolute Gasteiger partial charge is 0.514 e. The lowest BCUT2D eigenvalue weighted by atomic mass is 9.83. The fourth-order valence-corrected chi connectivity index (χ4v) is 10.9. The quantitative estimate of drug-likeness (QED) is 0.215. The highest BCUT2D eigenvalue weighted by atomic mass is 19.1. The van der Waals surface area contributed by atoms with E-state index in [1.54, 1.807) is 19.1 Å². The molecular formula is C65H78F2O22. The van der Waals surface area contributed by atoms with Crippen LogP contribution in [0.25, 0.3) is 0 Å². The van der Waals surface area contributed by atoms with E-state index in [0.717, 1.165) is 49.7 Å². The minimum atomic E-state index is -0.782. The second kappa shape index (κ2) is 34.2. The second-order valence-electron chi connectivity index (χ2n) is 22.4. The average molecular weight is 1250 g/mol. The molecule has 10 aliphatic rings. The van der Waals surface area contributed by atoms with Crippen molar-refractivity contribution in [3.05, 3.63) is 158 Å². The molecule has 89 heavy (non-hydrogen) atoms. The monoisotopic (exact) mass is 1250 g/mol. The predicted molar refractivity (Wildman–Crippen MR) is 310 cm³/mol. The Morgan fingerprint density at radius 2 is 0.865 bits per heavy atom. The van der Waals surface area contributed by atoms with Crippen LogP contribution in [0.2, 0.25) is 0 Å². The number of cyclic esters (lactones) is 13. The molecule has 6 atom stereocenters. The molecular weight excluding hydrogens is 1170 g/mol. The van der Waals surface area contributed by atoms with Crippen LogP contribution in [0.3, 0.4) is 0 Å². The van der Waals surface area contributed by atoms with Gasteiger partial charge in [0.15, 0.2) is 0 Å². The maximum atomic E-state index is 12.9. The molecule has 22 nitrogen and oxygen atoms in total. The third kappa shape index (κ3) is 24.1. The van der Waals surface area contributed by atoms with Crippen molar-refractivity contribution < 1.29 is 114 Å². The molecule has 3 saturated carbocycles. The number of benzene rings is 2. The summed E-state index contributed by atoms with van der Waals surface area (Å²) in [5, 5.41) is 8.55. The van der Waals surface area contributed by atoms with Crippen molar-refractivity contribution in [1.82, 2.24) is 0 Å². The Morgan fingerprint density at radius 1 is 0.449 bits per heavy atom. The molecule has 10 fully saturated rings. The topological polar surface area (TPSA) is 269 Å². The van der Waals surface area contributed by atoms with E-state index >= 15 is 0 Å². The Bertz CT molecular complexity index is 2750. The van der Waals surface area contributed by atoms with Crippen LogP contribution in [-0.2, 0) is 66.3 Å². The number of carbonyl (C=O) groups excluding carboxylic acids is 7. The smallest absolute Gasteiger partial charge is 0.430 e. The van der Waals surface area contributed by atoms with E-state index in [-0.39, 0.29) is 48.4 Å². The standard InChI is InChI=1S/C11H15FO3.C11H9FO3.C11H16O3.C11H10O3.C9H12O3.C6H8O4.C6H8O3/c2*1-7-6-10(15-11(13)14-7)8-2-4-9(12)5-3-8;2*1-8-7-10(14-11(12)13-8)9-5-3-2-4-6-9;1-7-6-9(4-2-3-5-9)12-8(10)11-7;1-4-2-5(3-7)10-6(8)9-4;1-4-3-5(2)9-6(7)8-4/h8-10H,1-6H2;2-5,10H,1,6H2;9-10H,1-7H2;2-6,10H,1,7H2;1-6H2;5,7H,1-3H2;5H,1,3H2,2H3. The lowest BCUT2D eigenvalue weighted by Gasteiger charge is -2.33. The van der Waals surface area contributed by atoms with Gasteiger partial charge in [0.05, 0.1) is 6.61 Å². The summed E-state index contributed by atoms with van der Waals surface area (Å²) in [5.74, 6) is 3.67. The van der Waals surface area contributed by atoms with E-state index in [4.69, 9.17) is 43.0 Å². The summed E-state index contributed by atoms with van der Waals surface area (Å²) in [4.78, 5) is 75.7. The molecule has 7 saturated heterocycles. The fraction of sp³-hybridized carbons (Fsp3) is 0.492. The second-order valence-corrected chi connectivity index (χ2v) is 22.4. The molecule has 7 heterocycles. The highest BCUT2D eigenvalue weighted by molar-refractivity contribution is 5.65. The summed E-state index contributed by atoms with van der Waals surface area (Å²) in [6.07, 6.45) is 10.1. The predicted octanol–water partition coefficient (Wildman–Crippen LogP) is 15.9. The molecule has 24 heteroatoms. The molecule has 3 aliphatic carbocycles. The Labute approximate surface area is 515 Å². The lowest BCUT2D eigenvalue weighted by Crippen LogP contribution is -2.37. The molecule has 1 spiro atoms. The van der Waals surface area contributed by atoms with Gasteiger partial charge in [0.1, 0.15) is 94.5 Å². The van der Waals surface area contributed by atoms with E-state index in [9.17, 15) is 42.3 Å². The molecule has 0 aromatic heterocycles. The van der Waals surface area contributed by atoms with Gasteiger partial charge in [-0.15, -0.1) is 0 Å². The maximum absolute atomic E-state index is 12.9. The first-order valence-corrected chi connectivity index (χ1v) is 29.4. The van der Waals surface area contributed by atoms with Gasteiger partial charge in [-0.1, -0.05) is 108 Å². The van der Waals surface area contributed by atoms with Crippen molar-refractivity contribution in [2.75, 3.05) is 6.61 Å². The summed E-state index contributed by atoms with van der Waals surface area (Å²) in [7, 11) is 0. The number of alkyl halides is 1. The minimum Gasteiger partial charge on any atom is -0.430 e. The van der Waals surface area contributed by atoms with E-state index in [1.165, 1.54) is 44.2 Å². The van der Waals surface area contributed by atoms with Crippen LogP contribution >= 0.6 is 0 Å². The highest BCUT2D eigenvalue weighted by Crippen LogP contribution is 2.41. The van der Waals surface area contributed by atoms with Gasteiger partial charge < -0.3 is 71.4 Å². The van der Waals surface area contributed by atoms with Crippen molar-refractivity contribution >= 4 is 43.1 Å². The van der Waals surface area contributed by atoms with E-state index < -0.39 is 61.5 Å². The number of hydrogen-bond acceptors (Lipinski definition) is 22. The van der Waals surface area contributed by atoms with Gasteiger partial charge in [-0.25, -0.2) is 42.3 Å². The lowest BCUT2D eigenvalue weighted by molar-refractivity contribution is -0.0567. The number of ether oxygens (including phenoxy) is 14. The molecule has 2 aromatic rings. The summed E-state index contributed by atoms with van der Waals surface area (Å²) in [6.45, 7) is 26.7. The van der Waals surface area contributed by atoms with Crippen LogP contribution in [-0.4, -0.2) is 91.0 Å². The summed E-state index contributed by atoms with van der Waals surface area (Å²) < 4.78 is 92.6. The summed E-state index contributed by atoms with van der Waals surface area (Å²) in [6, 6.07) is 15.3. The van der Waals surface area contributed by atoms with Gasteiger partial charge >= 0.3 is 43.1 Å². The average Bonchev–Trinajstić information content (AvgIpc) is 2.18. The molecule has 0 radical (unpaired) electrons. The minimum absolute atomic E-state index is 0.0176. The Morgan fingerprint density at radius 3 is 1.30 bits per heavy atom. The van der Waals surface area contributed by atoms with Crippen LogP contribution in [0.4, 0.5) is 42.3 Å². The fourth-order valence-electron chi connectivity index (χ4n) is 10.9. The van der Waals surface area contributed by atoms with Gasteiger partial charge in [0.2, 0.25) is 0 Å². The van der Waals surface area contributed by atoms with Crippen molar-refractivity contribution in [1.29, 1.82) is 0 Å². The third-order valence-corrected chi connectivity index (χ3v) is 15.1. The zero-order valence-corrected chi connectivity index (χ0v) is 50.0. The molecule has 7 aliphatic heterocycles. The Balaban J connectivity index is 0.000000167. The van der Waals surface area contributed by atoms with E-state index in [0.29, 0.717) is 104 Å². The first-order chi connectivity index (χ1) is 42.4. The van der Waals surface area contributed by atoms with Gasteiger partial charge in [-0.05, 0) is 106 Å². The Hall–Kier alpha value is -8.67. The molecule has 484 valence electrons. The van der Waals surface area contributed by atoms with Crippen molar-refractivity contribution in [2.45, 2.75) is 184 Å². The molecule has 2 aromatic carbocycles. The van der Waals surface area contributed by atoms with Gasteiger partial charge in [-0.3, -0.25) is 0 Å². The van der Waals surface area contributed by atoms with Crippen molar-refractivity contribution in [2.24, 2.45) is 11.8 Å². The van der Waals surface area contributed by atoms with Crippen LogP contribution in [0.15, 0.2) is 141 Å². The van der Waals surface area contributed by atoms with Crippen LogP contribution in [0.1, 0.15) is 159 Å². The summed E-state index contributed by atoms with van der Waals surface area (Å²) in [5.41, 5.74) is 1.44. The summed E-state index contributed by atoms with van der Waals surface area (Å²) >= 11 is 0. The molecule has 0 amide bonds. The third-order valence-electron chi connectivity index (χ3n) is 15.1. The van der Waals surface area contributed by atoms with Crippen molar-refractivity contribution in [3.8, 4) is 0 Å². The van der Waals surface area contributed by atoms with E-state index in [2.05, 4.69) is 74.5 Å². The van der Waals surface area contributed by atoms with Crippen LogP contribution in [0, 0.1) is 17.7 Å². The maximum Gasteiger partial charge on any atom is 0.514 e. The van der Waals surface area contributed by atoms with Crippen LogP contribution < -0.4 is 0 Å². The number of carbonyl (C=O) groups is 7. The first-order valence-electron chi connectivity index (χ1n) is 29.4. The number of halogens is 2. The van der Waals surface area contributed by atoms with Gasteiger partial charge in [0.25, 0.3) is 0 Å². The number of aliphatic hydroxyl groups is 1. The first kappa shape index (κ1) is 69.4. The zero-order chi connectivity index (χ0) is 64.6. The Kier molecular flexibility index (Phi) is 26.7. The van der Waals surface area contributed by atoms with Gasteiger partial charge in [-0.2, -0.15) is 0 Å². The highest BCUT2D eigenvalue weighted by Gasteiger charge is 2.43. The molecule has 0 bridgehead atoms. The number of aliphatic hydroxyl groups excluding tert-OH is 1. The molecule has 12 rings (SSSR count). The van der Waals surface area contributed by atoms with Crippen LogP contribution in [0.5, 0.6) is 0 Å². The normalized spacial score (nSPS) is 27.0. The number of rotatable bonds is 5. The SMILES string of the molecule is C=C1CC(C)OC(=O)O1.C=C1CC(C2CCC(F)CC2)OC(=O)O1.C=C1CC(C2CCCCC2)OC(=O)O1.C=C1CC(CO)OC(=O)O1.C=C1CC(c2ccc(F)cc2)OC(=O)O1.C=C1CC(c2ccccc2)OC(=O)O1.C=C1CC2(CCCC2)OC(=O)O1. The molecule has 1 N–H and O–H groups in total. The zero-order valence-electron chi connectivity index (χ0n) is 50.0. The molecule has 6 unspecified atom stereocenters. The van der Waals surface area contributed by atoms with E-state index in [1.807, 2.05) is 30.3 Å². The van der Waals surface area contributed by atoms with Crippen molar-refractivity contribution in [3.63, 3.8) is 0 Å². The van der Waals surface area contributed by atoms with Gasteiger partial charge in [0, 0.05) is 44.9 Å². The number of hydrogen-bond donors (Lipinski definition) is 1.